The van der Waals surface area contributed by atoms with Crippen molar-refractivity contribution in [2.75, 3.05) is 6.54 Å². The first-order valence-corrected chi connectivity index (χ1v) is 4.63. The molecule has 0 aromatic rings. The Kier molecular flexibility index (Phi) is 1.78. The molecule has 0 radical (unpaired) electrons. The fraction of sp³-hybridized carbons (Fsp3) is 0.700. The van der Waals surface area contributed by atoms with Crippen molar-refractivity contribution >= 4 is 5.71 Å². The highest BCUT2D eigenvalue weighted by atomic mass is 19.1. The van der Waals surface area contributed by atoms with Gasteiger partial charge in [0.25, 0.3) is 0 Å². The molecular formula is C10H14FN. The molecule has 1 nitrogen and oxygen atoms in total. The van der Waals surface area contributed by atoms with E-state index < -0.39 is 5.67 Å². The Morgan fingerprint density at radius 3 is 3.17 bits per heavy atom. The average molecular weight is 167 g/mol. The van der Waals surface area contributed by atoms with E-state index in [1.807, 2.05) is 6.08 Å². The molecule has 0 aromatic carbocycles. The topological polar surface area (TPSA) is 12.4 Å². The van der Waals surface area contributed by atoms with E-state index in [4.69, 9.17) is 0 Å². The monoisotopic (exact) mass is 167 g/mol. The summed E-state index contributed by atoms with van der Waals surface area (Å²) >= 11 is 0. The van der Waals surface area contributed by atoms with Gasteiger partial charge in [0.05, 0.1) is 0 Å². The van der Waals surface area contributed by atoms with Crippen molar-refractivity contribution in [1.29, 1.82) is 0 Å². The van der Waals surface area contributed by atoms with Gasteiger partial charge in [0.1, 0.15) is 5.67 Å². The van der Waals surface area contributed by atoms with Crippen LogP contribution in [0.2, 0.25) is 0 Å². The van der Waals surface area contributed by atoms with Crippen LogP contribution in [0.15, 0.2) is 16.6 Å². The Morgan fingerprint density at radius 2 is 2.42 bits per heavy atom. The van der Waals surface area contributed by atoms with Gasteiger partial charge < -0.3 is 0 Å². The van der Waals surface area contributed by atoms with Crippen LogP contribution in [0, 0.1) is 0 Å². The standard InChI is InChI=1S/C10H14FN/c1-10(11)6-2-5-9-8(10)4-3-7-12-9/h4H,2-3,5-7H2,1H3/t10-/m0/s1. The van der Waals surface area contributed by atoms with Crippen molar-refractivity contribution in [2.45, 2.75) is 38.3 Å². The normalized spacial score (nSPS) is 35.2. The van der Waals surface area contributed by atoms with Gasteiger partial charge in [-0.15, -0.1) is 0 Å². The van der Waals surface area contributed by atoms with Gasteiger partial charge in [0, 0.05) is 17.8 Å². The predicted octanol–water partition coefficient (Wildman–Crippen LogP) is 2.67. The Morgan fingerprint density at radius 1 is 1.58 bits per heavy atom. The lowest BCUT2D eigenvalue weighted by molar-refractivity contribution is 0.218. The zero-order chi connectivity index (χ0) is 8.60. The van der Waals surface area contributed by atoms with Gasteiger partial charge in [-0.3, -0.25) is 4.99 Å². The van der Waals surface area contributed by atoms with Crippen molar-refractivity contribution in [2.24, 2.45) is 4.99 Å². The van der Waals surface area contributed by atoms with E-state index in [-0.39, 0.29) is 0 Å². The van der Waals surface area contributed by atoms with Crippen molar-refractivity contribution in [3.05, 3.63) is 11.6 Å². The molecule has 1 fully saturated rings. The number of dihydropyridines is 1. The number of hydrogen-bond acceptors (Lipinski definition) is 1. The fourth-order valence-electron chi connectivity index (χ4n) is 2.06. The minimum atomic E-state index is -1.10. The summed E-state index contributed by atoms with van der Waals surface area (Å²) in [6.07, 6.45) is 5.53. The van der Waals surface area contributed by atoms with Crippen LogP contribution in [0.25, 0.3) is 0 Å². The van der Waals surface area contributed by atoms with Crippen LogP contribution in [0.5, 0.6) is 0 Å². The lowest BCUT2D eigenvalue weighted by Crippen LogP contribution is -2.32. The van der Waals surface area contributed by atoms with Gasteiger partial charge in [-0.05, 0) is 32.6 Å². The third-order valence-electron chi connectivity index (χ3n) is 2.71. The number of nitrogens with zero attached hydrogens (tertiary/aromatic N) is 1. The van der Waals surface area contributed by atoms with E-state index in [1.165, 1.54) is 0 Å². The number of fused-ring (bicyclic) bond motifs is 1. The minimum absolute atomic E-state index is 0.665. The summed E-state index contributed by atoms with van der Waals surface area (Å²) in [7, 11) is 0. The Labute approximate surface area is 72.4 Å². The van der Waals surface area contributed by atoms with Gasteiger partial charge in [0.15, 0.2) is 0 Å². The molecule has 0 saturated heterocycles. The summed E-state index contributed by atoms with van der Waals surface area (Å²) in [5.41, 5.74) is 0.801. The third kappa shape index (κ3) is 1.19. The largest absolute Gasteiger partial charge is 0.289 e. The second kappa shape index (κ2) is 2.68. The third-order valence-corrected chi connectivity index (χ3v) is 2.71. The Bertz CT molecular complexity index is 251. The van der Waals surface area contributed by atoms with Gasteiger partial charge in [-0.1, -0.05) is 6.08 Å². The molecule has 0 spiro atoms. The lowest BCUT2D eigenvalue weighted by Gasteiger charge is -2.31. The fourth-order valence-corrected chi connectivity index (χ4v) is 2.06. The summed E-state index contributed by atoms with van der Waals surface area (Å²) in [6, 6.07) is 0. The Balaban J connectivity index is 2.33. The van der Waals surface area contributed by atoms with Crippen LogP contribution in [-0.2, 0) is 0 Å². The highest BCUT2D eigenvalue weighted by Gasteiger charge is 2.35. The van der Waals surface area contributed by atoms with E-state index >= 15 is 0 Å². The van der Waals surface area contributed by atoms with Gasteiger partial charge in [-0.25, -0.2) is 4.39 Å². The maximum Gasteiger partial charge on any atom is 0.134 e. The van der Waals surface area contributed by atoms with Crippen LogP contribution in [0.4, 0.5) is 4.39 Å². The summed E-state index contributed by atoms with van der Waals surface area (Å²) < 4.78 is 13.9. The summed E-state index contributed by atoms with van der Waals surface area (Å²) in [5.74, 6) is 0. The van der Waals surface area contributed by atoms with Crippen LogP contribution in [0.1, 0.15) is 32.6 Å². The summed E-state index contributed by atoms with van der Waals surface area (Å²) in [6.45, 7) is 2.54. The zero-order valence-corrected chi connectivity index (χ0v) is 7.44. The van der Waals surface area contributed by atoms with E-state index in [1.54, 1.807) is 6.92 Å². The van der Waals surface area contributed by atoms with Gasteiger partial charge in [0.2, 0.25) is 0 Å². The van der Waals surface area contributed by atoms with Crippen molar-refractivity contribution in [1.82, 2.24) is 0 Å². The van der Waals surface area contributed by atoms with E-state index in [0.717, 1.165) is 37.1 Å². The molecule has 2 rings (SSSR count). The first-order chi connectivity index (χ1) is 5.70. The molecular weight excluding hydrogens is 153 g/mol. The molecule has 2 heteroatoms. The van der Waals surface area contributed by atoms with Gasteiger partial charge in [-0.2, -0.15) is 0 Å². The molecule has 0 aromatic heterocycles. The van der Waals surface area contributed by atoms with E-state index in [9.17, 15) is 4.39 Å². The number of allylic oxidation sites excluding steroid dienone is 1. The summed E-state index contributed by atoms with van der Waals surface area (Å²) in [5, 5.41) is 0. The maximum absolute atomic E-state index is 13.9. The number of hydrogen-bond donors (Lipinski definition) is 0. The molecule has 1 heterocycles. The molecule has 0 amide bonds. The number of aliphatic imine (C=N–C) groups is 1. The molecule has 0 N–H and O–H groups in total. The van der Waals surface area contributed by atoms with Crippen LogP contribution >= 0.6 is 0 Å². The number of halogens is 1. The Hall–Kier alpha value is -0.660. The highest BCUT2D eigenvalue weighted by Crippen LogP contribution is 2.36. The van der Waals surface area contributed by atoms with Crippen molar-refractivity contribution in [3.63, 3.8) is 0 Å². The average Bonchev–Trinajstić information content (AvgIpc) is 2.04. The number of alkyl halides is 1. The van der Waals surface area contributed by atoms with Crippen LogP contribution < -0.4 is 0 Å². The molecule has 12 heavy (non-hydrogen) atoms. The smallest absolute Gasteiger partial charge is 0.134 e. The molecule has 2 aliphatic rings. The van der Waals surface area contributed by atoms with E-state index in [0.29, 0.717) is 6.42 Å². The zero-order valence-electron chi connectivity index (χ0n) is 7.44. The predicted molar refractivity (Wildman–Crippen MR) is 48.4 cm³/mol. The summed E-state index contributed by atoms with van der Waals surface area (Å²) in [4.78, 5) is 4.36. The molecule has 1 saturated carbocycles. The van der Waals surface area contributed by atoms with Crippen LogP contribution in [0.3, 0.4) is 0 Å². The lowest BCUT2D eigenvalue weighted by atomic mass is 9.80. The van der Waals surface area contributed by atoms with Crippen molar-refractivity contribution < 1.29 is 4.39 Å². The quantitative estimate of drug-likeness (QED) is 0.526. The first-order valence-electron chi connectivity index (χ1n) is 4.63. The van der Waals surface area contributed by atoms with Crippen molar-refractivity contribution in [3.8, 4) is 0 Å². The van der Waals surface area contributed by atoms with Gasteiger partial charge >= 0.3 is 0 Å². The number of rotatable bonds is 0. The second-order valence-corrected chi connectivity index (χ2v) is 3.79. The molecule has 1 atom stereocenters. The SMILES string of the molecule is C[C@]1(F)CCCC2=NCCC=C21. The minimum Gasteiger partial charge on any atom is -0.289 e. The first kappa shape index (κ1) is 7.96. The second-order valence-electron chi connectivity index (χ2n) is 3.79. The molecule has 1 aliphatic heterocycles. The van der Waals surface area contributed by atoms with E-state index in [2.05, 4.69) is 4.99 Å². The molecule has 0 unspecified atom stereocenters. The molecule has 1 aliphatic carbocycles. The maximum atomic E-state index is 13.9. The molecule has 66 valence electrons. The highest BCUT2D eigenvalue weighted by molar-refractivity contribution is 6.03. The van der Waals surface area contributed by atoms with Crippen LogP contribution in [-0.4, -0.2) is 17.9 Å². The molecule has 0 bridgehead atoms.